The summed E-state index contributed by atoms with van der Waals surface area (Å²) in [6.45, 7) is 5.98. The Morgan fingerprint density at radius 3 is 2.54 bits per heavy atom. The number of oxazole rings is 1. The van der Waals surface area contributed by atoms with E-state index in [1.807, 2.05) is 81.6 Å². The minimum atomic E-state index is -0.851. The van der Waals surface area contributed by atoms with Crippen molar-refractivity contribution in [3.05, 3.63) is 77.9 Å². The van der Waals surface area contributed by atoms with Crippen molar-refractivity contribution in [2.24, 2.45) is 5.41 Å². The fourth-order valence-electron chi connectivity index (χ4n) is 5.68. The predicted octanol–water partition coefficient (Wildman–Crippen LogP) is 3.95. The molecule has 1 unspecified atom stereocenters. The number of β-amino-alcohol motifs (C(OH)–C–C–N with tert-alkyl or cyclic N) is 1. The Labute approximate surface area is 238 Å². The van der Waals surface area contributed by atoms with Gasteiger partial charge in [0.1, 0.15) is 23.6 Å². The van der Waals surface area contributed by atoms with Gasteiger partial charge in [-0.2, -0.15) is 0 Å². The van der Waals surface area contributed by atoms with Gasteiger partial charge in [0.25, 0.3) is 0 Å². The normalized spacial score (nSPS) is 20.7. The van der Waals surface area contributed by atoms with E-state index in [1.165, 1.54) is 4.90 Å². The molecule has 0 spiro atoms. The fraction of sp³-hybridized carbons (Fsp3) is 0.452. The van der Waals surface area contributed by atoms with E-state index in [1.54, 1.807) is 4.68 Å². The number of nitrogens with one attached hydrogen (secondary N) is 1. The number of amides is 2. The lowest BCUT2D eigenvalue weighted by Crippen LogP contribution is -2.51. The Kier molecular flexibility index (Phi) is 7.11. The van der Waals surface area contributed by atoms with Gasteiger partial charge in [0.05, 0.1) is 11.8 Å². The van der Waals surface area contributed by atoms with E-state index < -0.39 is 29.6 Å². The Bertz CT molecular complexity index is 1500. The highest BCUT2D eigenvalue weighted by Crippen LogP contribution is 2.40. The van der Waals surface area contributed by atoms with Crippen LogP contribution >= 0.6 is 0 Å². The number of hydrogen-bond donors (Lipinski definition) is 2. The third-order valence-corrected chi connectivity index (χ3v) is 7.91. The predicted molar refractivity (Wildman–Crippen MR) is 152 cm³/mol. The van der Waals surface area contributed by atoms with E-state index in [9.17, 15) is 14.7 Å². The molecule has 2 fully saturated rings. The van der Waals surface area contributed by atoms with Crippen LogP contribution in [-0.4, -0.2) is 60.5 Å². The van der Waals surface area contributed by atoms with Gasteiger partial charge < -0.3 is 19.7 Å². The first-order valence-electron chi connectivity index (χ1n) is 14.3. The summed E-state index contributed by atoms with van der Waals surface area (Å²) in [7, 11) is 0. The molecule has 1 saturated carbocycles. The lowest BCUT2D eigenvalue weighted by molar-refractivity contribution is -0.144. The molecule has 1 aliphatic carbocycles. The van der Waals surface area contributed by atoms with Crippen LogP contribution in [0.1, 0.15) is 75.2 Å². The van der Waals surface area contributed by atoms with Gasteiger partial charge in [-0.25, -0.2) is 9.67 Å². The molecule has 4 atom stereocenters. The maximum absolute atomic E-state index is 14.1. The number of aliphatic hydroxyl groups is 1. The summed E-state index contributed by atoms with van der Waals surface area (Å²) < 4.78 is 7.69. The summed E-state index contributed by atoms with van der Waals surface area (Å²) >= 11 is 0. The minimum Gasteiger partial charge on any atom is -0.438 e. The summed E-state index contributed by atoms with van der Waals surface area (Å²) in [5.41, 5.74) is 2.73. The number of hydrogen-bond acceptors (Lipinski definition) is 7. The largest absolute Gasteiger partial charge is 0.438 e. The highest BCUT2D eigenvalue weighted by molar-refractivity contribution is 5.90. The van der Waals surface area contributed by atoms with Crippen LogP contribution in [0.15, 0.2) is 65.2 Å². The van der Waals surface area contributed by atoms with Crippen molar-refractivity contribution >= 4 is 22.9 Å². The van der Waals surface area contributed by atoms with Crippen molar-refractivity contribution in [1.29, 1.82) is 0 Å². The van der Waals surface area contributed by atoms with Crippen LogP contribution in [0.2, 0.25) is 0 Å². The molecule has 3 heterocycles. The summed E-state index contributed by atoms with van der Waals surface area (Å²) in [5, 5.41) is 22.4. The van der Waals surface area contributed by atoms with Crippen molar-refractivity contribution in [2.75, 3.05) is 6.54 Å². The standard InChI is InChI=1S/C31H36N6O4/c1-31(2,3)27(37-18-24(34-35-37)20-13-14-20)30(40)36-17-21(38)16-25(36)28(39)32-23(15-19-9-5-4-6-10-19)29-33-22-11-7-8-12-26(22)41-29/h4-12,18,20-21,23,25,27,38H,13-17H2,1-3H3,(H,32,39)/t21-,23?,25+,27-/m1/s1. The molecule has 6 rings (SSSR count). The number of carbonyl (C=O) groups is 2. The monoisotopic (exact) mass is 556 g/mol. The first kappa shape index (κ1) is 27.1. The Balaban J connectivity index is 1.27. The van der Waals surface area contributed by atoms with Crippen molar-refractivity contribution in [3.63, 3.8) is 0 Å². The average Bonchev–Trinajstić information content (AvgIpc) is 3.32. The quantitative estimate of drug-likeness (QED) is 0.337. The number of para-hydroxylation sites is 2. The van der Waals surface area contributed by atoms with Crippen LogP contribution < -0.4 is 5.32 Å². The molecular formula is C31H36N6O4. The molecular weight excluding hydrogens is 520 g/mol. The molecule has 41 heavy (non-hydrogen) atoms. The number of carbonyl (C=O) groups excluding carboxylic acids is 2. The zero-order chi connectivity index (χ0) is 28.7. The van der Waals surface area contributed by atoms with E-state index >= 15 is 0 Å². The number of fused-ring (bicyclic) bond motifs is 1. The lowest BCUT2D eigenvalue weighted by Gasteiger charge is -2.34. The molecule has 2 aromatic heterocycles. The van der Waals surface area contributed by atoms with E-state index in [4.69, 9.17) is 4.42 Å². The third-order valence-electron chi connectivity index (χ3n) is 7.91. The first-order chi connectivity index (χ1) is 19.7. The van der Waals surface area contributed by atoms with Gasteiger partial charge in [-0.15, -0.1) is 5.10 Å². The van der Waals surface area contributed by atoms with Gasteiger partial charge in [-0.1, -0.05) is 68.4 Å². The van der Waals surface area contributed by atoms with Gasteiger partial charge in [0.15, 0.2) is 5.58 Å². The lowest BCUT2D eigenvalue weighted by atomic mass is 9.85. The summed E-state index contributed by atoms with van der Waals surface area (Å²) in [6, 6.07) is 15.2. The smallest absolute Gasteiger partial charge is 0.248 e. The molecule has 4 aromatic rings. The highest BCUT2D eigenvalue weighted by Gasteiger charge is 2.46. The molecule has 10 heteroatoms. The second kappa shape index (κ2) is 10.7. The average molecular weight is 557 g/mol. The molecule has 2 N–H and O–H groups in total. The first-order valence-corrected chi connectivity index (χ1v) is 14.3. The van der Waals surface area contributed by atoms with Gasteiger partial charge >= 0.3 is 0 Å². The maximum Gasteiger partial charge on any atom is 0.248 e. The van der Waals surface area contributed by atoms with Crippen molar-refractivity contribution in [1.82, 2.24) is 30.2 Å². The number of rotatable bonds is 8. The van der Waals surface area contributed by atoms with Gasteiger partial charge in [-0.3, -0.25) is 9.59 Å². The van der Waals surface area contributed by atoms with E-state index in [0.717, 1.165) is 24.1 Å². The van der Waals surface area contributed by atoms with Crippen LogP contribution in [0.25, 0.3) is 11.1 Å². The fourth-order valence-corrected chi connectivity index (χ4v) is 5.68. The zero-order valence-electron chi connectivity index (χ0n) is 23.6. The molecule has 0 radical (unpaired) electrons. The van der Waals surface area contributed by atoms with Gasteiger partial charge in [0, 0.05) is 31.5 Å². The van der Waals surface area contributed by atoms with Crippen molar-refractivity contribution in [3.8, 4) is 0 Å². The SMILES string of the molecule is CC(C)(C)[C@@H](C(=O)N1C[C@H](O)C[C@H]1C(=O)NC(Cc1ccccc1)c1nc2ccccc2o1)n1cc(C2CC2)nn1. The highest BCUT2D eigenvalue weighted by atomic mass is 16.3. The summed E-state index contributed by atoms with van der Waals surface area (Å²) in [5.74, 6) is 0.175. The molecule has 1 saturated heterocycles. The minimum absolute atomic E-state index is 0.0694. The molecule has 0 bridgehead atoms. The van der Waals surface area contributed by atoms with Crippen LogP contribution in [0, 0.1) is 5.41 Å². The zero-order valence-corrected chi connectivity index (χ0v) is 23.6. The number of aromatic nitrogens is 4. The second-order valence-electron chi connectivity index (χ2n) is 12.3. The Hall–Kier alpha value is -4.05. The van der Waals surface area contributed by atoms with Crippen LogP contribution in [0.4, 0.5) is 0 Å². The van der Waals surface area contributed by atoms with Crippen LogP contribution in [0.5, 0.6) is 0 Å². The number of likely N-dealkylation sites (tertiary alicyclic amines) is 1. The molecule has 10 nitrogen and oxygen atoms in total. The third kappa shape index (κ3) is 5.74. The second-order valence-corrected chi connectivity index (χ2v) is 12.3. The molecule has 2 aliphatic rings. The molecule has 214 valence electrons. The van der Waals surface area contributed by atoms with Crippen molar-refractivity contribution in [2.45, 2.75) is 76.6 Å². The number of aliphatic hydroxyl groups excluding tert-OH is 1. The van der Waals surface area contributed by atoms with Crippen molar-refractivity contribution < 1.29 is 19.1 Å². The van der Waals surface area contributed by atoms with Crippen LogP contribution in [-0.2, 0) is 16.0 Å². The maximum atomic E-state index is 14.1. The molecule has 2 aromatic carbocycles. The van der Waals surface area contributed by atoms with E-state index in [0.29, 0.717) is 29.3 Å². The van der Waals surface area contributed by atoms with Crippen LogP contribution in [0.3, 0.4) is 0 Å². The summed E-state index contributed by atoms with van der Waals surface area (Å²) in [6.07, 6.45) is 3.80. The Morgan fingerprint density at radius 2 is 1.83 bits per heavy atom. The van der Waals surface area contributed by atoms with Gasteiger partial charge in [0.2, 0.25) is 17.7 Å². The van der Waals surface area contributed by atoms with E-state index in [-0.39, 0.29) is 24.8 Å². The topological polar surface area (TPSA) is 126 Å². The molecule has 1 aliphatic heterocycles. The number of benzene rings is 2. The summed E-state index contributed by atoms with van der Waals surface area (Å²) in [4.78, 5) is 34.2. The number of nitrogens with zero attached hydrogens (tertiary/aromatic N) is 5. The Morgan fingerprint density at radius 1 is 1.10 bits per heavy atom. The van der Waals surface area contributed by atoms with Gasteiger partial charge in [-0.05, 0) is 36.0 Å². The van der Waals surface area contributed by atoms with E-state index in [2.05, 4.69) is 20.6 Å². The molecule has 2 amide bonds.